The van der Waals surface area contributed by atoms with Gasteiger partial charge in [-0.3, -0.25) is 4.79 Å². The number of aliphatic hydroxyl groups is 1. The first-order valence-electron chi connectivity index (χ1n) is 2.13. The van der Waals surface area contributed by atoms with E-state index in [2.05, 4.69) is 15.9 Å². The van der Waals surface area contributed by atoms with Crippen molar-refractivity contribution in [1.29, 1.82) is 0 Å². The number of rotatable bonds is 3. The number of hydrogen-bond acceptors (Lipinski definition) is 2. The highest BCUT2D eigenvalue weighted by Crippen LogP contribution is 2.02. The summed E-state index contributed by atoms with van der Waals surface area (Å²) < 4.78 is 0. The van der Waals surface area contributed by atoms with Gasteiger partial charge in [0.2, 0.25) is 0 Å². The summed E-state index contributed by atoms with van der Waals surface area (Å²) in [5, 5.41) is 16.3. The summed E-state index contributed by atoms with van der Waals surface area (Å²) in [6.07, 6.45) is -0.0312. The lowest BCUT2D eigenvalue weighted by molar-refractivity contribution is -0.137. The van der Waals surface area contributed by atoms with E-state index in [1.165, 1.54) is 0 Å². The minimum absolute atomic E-state index is 0.0312. The van der Waals surface area contributed by atoms with E-state index in [1.807, 2.05) is 0 Å². The Kier molecular flexibility index (Phi) is 3.81. The van der Waals surface area contributed by atoms with Crippen LogP contribution >= 0.6 is 15.9 Å². The van der Waals surface area contributed by atoms with Crippen LogP contribution in [-0.2, 0) is 4.79 Å². The number of alkyl halides is 1. The third-order valence-corrected chi connectivity index (χ3v) is 1.21. The van der Waals surface area contributed by atoms with Crippen LogP contribution in [0.15, 0.2) is 0 Å². The van der Waals surface area contributed by atoms with Gasteiger partial charge in [-0.1, -0.05) is 15.9 Å². The van der Waals surface area contributed by atoms with Crippen molar-refractivity contribution < 1.29 is 15.0 Å². The first-order valence-corrected chi connectivity index (χ1v) is 3.05. The molecule has 0 fully saturated rings. The van der Waals surface area contributed by atoms with Crippen molar-refractivity contribution in [3.63, 3.8) is 0 Å². The first-order chi connectivity index (χ1) is 3.66. The lowest BCUT2D eigenvalue weighted by Gasteiger charge is -1.98. The Hall–Kier alpha value is -0.0900. The zero-order valence-electron chi connectivity index (χ0n) is 4.17. The maximum atomic E-state index is 9.83. The normalized spacial score (nSPS) is 13.2. The van der Waals surface area contributed by atoms with E-state index < -0.39 is 5.97 Å². The van der Waals surface area contributed by atoms with Crippen LogP contribution in [0.25, 0.3) is 0 Å². The number of aliphatic hydroxyl groups excluding tert-OH is 1. The monoisotopic (exact) mass is 182 g/mol. The number of aliphatic carboxylic acids is 1. The van der Waals surface area contributed by atoms with Crippen LogP contribution < -0.4 is 0 Å². The molecule has 0 heterocycles. The Bertz CT molecular complexity index is 83.4. The molecule has 0 saturated carbocycles. The van der Waals surface area contributed by atoms with Gasteiger partial charge in [0.25, 0.3) is 0 Å². The number of halogens is 1. The standard InChI is InChI=1S/C4H7BrO3/c5-3(2-6)1-4(7)8/h3,6H,1-2H2,(H,7,8)/t3-/m0/s1. The molecule has 0 rings (SSSR count). The molecule has 8 heavy (non-hydrogen) atoms. The Morgan fingerprint density at radius 2 is 2.25 bits per heavy atom. The van der Waals surface area contributed by atoms with Gasteiger partial charge in [-0.25, -0.2) is 0 Å². The predicted molar refractivity (Wildman–Crippen MR) is 32.1 cm³/mol. The fourth-order valence-electron chi connectivity index (χ4n) is 0.254. The molecule has 0 spiro atoms. The molecule has 0 aromatic carbocycles. The Morgan fingerprint density at radius 3 is 2.38 bits per heavy atom. The molecular formula is C4H7BrO3. The smallest absolute Gasteiger partial charge is 0.304 e. The SMILES string of the molecule is O=C(O)C[C@H](Br)CO. The van der Waals surface area contributed by atoms with E-state index in [1.54, 1.807) is 0 Å². The summed E-state index contributed by atoms with van der Waals surface area (Å²) >= 11 is 2.95. The number of carbonyl (C=O) groups is 1. The summed E-state index contributed by atoms with van der Waals surface area (Å²) in [6, 6.07) is 0. The van der Waals surface area contributed by atoms with E-state index in [-0.39, 0.29) is 17.9 Å². The average molecular weight is 183 g/mol. The van der Waals surface area contributed by atoms with E-state index in [0.29, 0.717) is 0 Å². The fraction of sp³-hybridized carbons (Fsp3) is 0.750. The molecule has 0 aliphatic carbocycles. The zero-order valence-corrected chi connectivity index (χ0v) is 5.76. The molecule has 2 N–H and O–H groups in total. The molecule has 0 aromatic rings. The summed E-state index contributed by atoms with van der Waals surface area (Å²) in [6.45, 7) is -0.133. The Morgan fingerprint density at radius 1 is 1.75 bits per heavy atom. The molecular weight excluding hydrogens is 176 g/mol. The van der Waals surface area contributed by atoms with Crippen LogP contribution in [0.2, 0.25) is 0 Å². The van der Waals surface area contributed by atoms with Crippen LogP contribution in [0.5, 0.6) is 0 Å². The molecule has 0 radical (unpaired) electrons. The Balaban J connectivity index is 3.24. The van der Waals surface area contributed by atoms with Crippen molar-refractivity contribution in [3.05, 3.63) is 0 Å². The average Bonchev–Trinajstić information content (AvgIpc) is 1.65. The van der Waals surface area contributed by atoms with Crippen LogP contribution in [0.4, 0.5) is 0 Å². The van der Waals surface area contributed by atoms with E-state index >= 15 is 0 Å². The van der Waals surface area contributed by atoms with Crippen LogP contribution in [0, 0.1) is 0 Å². The minimum Gasteiger partial charge on any atom is -0.481 e. The second-order valence-corrected chi connectivity index (χ2v) is 2.67. The molecule has 1 atom stereocenters. The van der Waals surface area contributed by atoms with Gasteiger partial charge in [-0.15, -0.1) is 0 Å². The van der Waals surface area contributed by atoms with Gasteiger partial charge in [-0.2, -0.15) is 0 Å². The molecule has 0 saturated heterocycles. The topological polar surface area (TPSA) is 57.5 Å². The second-order valence-electron chi connectivity index (χ2n) is 1.38. The van der Waals surface area contributed by atoms with Crippen molar-refractivity contribution in [3.8, 4) is 0 Å². The highest BCUT2D eigenvalue weighted by atomic mass is 79.9. The third kappa shape index (κ3) is 4.08. The maximum Gasteiger partial charge on any atom is 0.304 e. The first kappa shape index (κ1) is 7.91. The summed E-state index contributed by atoms with van der Waals surface area (Å²) in [7, 11) is 0. The molecule has 3 nitrogen and oxygen atoms in total. The molecule has 0 aliphatic rings. The summed E-state index contributed by atoms with van der Waals surface area (Å²) in [4.78, 5) is 9.52. The highest BCUT2D eigenvalue weighted by Gasteiger charge is 2.05. The number of hydrogen-bond donors (Lipinski definition) is 2. The molecule has 48 valence electrons. The van der Waals surface area contributed by atoms with Crippen molar-refractivity contribution in [2.75, 3.05) is 6.61 Å². The molecule has 0 unspecified atom stereocenters. The van der Waals surface area contributed by atoms with E-state index in [0.717, 1.165) is 0 Å². The van der Waals surface area contributed by atoms with Crippen molar-refractivity contribution in [1.82, 2.24) is 0 Å². The van der Waals surface area contributed by atoms with Crippen LogP contribution in [0.3, 0.4) is 0 Å². The lowest BCUT2D eigenvalue weighted by Crippen LogP contribution is -2.09. The molecule has 0 aliphatic heterocycles. The van der Waals surface area contributed by atoms with E-state index in [9.17, 15) is 4.79 Å². The van der Waals surface area contributed by atoms with Gasteiger partial charge >= 0.3 is 5.97 Å². The van der Waals surface area contributed by atoms with Gasteiger partial charge < -0.3 is 10.2 Å². The van der Waals surface area contributed by atoms with E-state index in [4.69, 9.17) is 10.2 Å². The lowest BCUT2D eigenvalue weighted by atomic mass is 10.3. The zero-order chi connectivity index (χ0) is 6.57. The minimum atomic E-state index is -0.902. The van der Waals surface area contributed by atoms with Crippen molar-refractivity contribution >= 4 is 21.9 Å². The number of carboxylic acids is 1. The Labute approximate surface area is 55.5 Å². The van der Waals surface area contributed by atoms with Crippen molar-refractivity contribution in [2.45, 2.75) is 11.2 Å². The van der Waals surface area contributed by atoms with Gasteiger partial charge in [0.05, 0.1) is 13.0 Å². The summed E-state index contributed by atoms with van der Waals surface area (Å²) in [5.74, 6) is -0.902. The number of carboxylic acid groups (broad SMARTS) is 1. The quantitative estimate of drug-likeness (QED) is 0.615. The fourth-order valence-corrected chi connectivity index (χ4v) is 0.531. The van der Waals surface area contributed by atoms with Gasteiger partial charge in [-0.05, 0) is 0 Å². The van der Waals surface area contributed by atoms with Crippen LogP contribution in [0.1, 0.15) is 6.42 Å². The predicted octanol–water partition coefficient (Wildman–Crippen LogP) is 0.217. The van der Waals surface area contributed by atoms with Gasteiger partial charge in [0.1, 0.15) is 0 Å². The highest BCUT2D eigenvalue weighted by molar-refractivity contribution is 9.09. The van der Waals surface area contributed by atoms with Crippen molar-refractivity contribution in [2.24, 2.45) is 0 Å². The third-order valence-electron chi connectivity index (χ3n) is 0.594. The molecule has 4 heteroatoms. The molecule has 0 bridgehead atoms. The second kappa shape index (κ2) is 3.86. The largest absolute Gasteiger partial charge is 0.481 e. The van der Waals surface area contributed by atoms with Crippen LogP contribution in [-0.4, -0.2) is 27.6 Å². The molecule has 0 aromatic heterocycles. The van der Waals surface area contributed by atoms with Gasteiger partial charge in [0.15, 0.2) is 0 Å². The maximum absolute atomic E-state index is 9.83. The molecule has 0 amide bonds. The van der Waals surface area contributed by atoms with Gasteiger partial charge in [0, 0.05) is 4.83 Å². The summed E-state index contributed by atoms with van der Waals surface area (Å²) in [5.41, 5.74) is 0.